The lowest BCUT2D eigenvalue weighted by Gasteiger charge is -2.05. The van der Waals surface area contributed by atoms with E-state index in [1.165, 1.54) is 21.8 Å². The van der Waals surface area contributed by atoms with Gasteiger partial charge in [0.05, 0.1) is 11.4 Å². The number of nitrogens with one attached hydrogen (secondary N) is 2. The van der Waals surface area contributed by atoms with Gasteiger partial charge in [0, 0.05) is 11.3 Å². The molecule has 0 saturated carbocycles. The number of rotatable bonds is 6. The normalized spacial score (nSPS) is 10.9. The first kappa shape index (κ1) is 18.9. The lowest BCUT2D eigenvalue weighted by Crippen LogP contribution is -2.17. The number of carbonyl (C=O) groups is 1. The molecule has 7 nitrogen and oxygen atoms in total. The van der Waals surface area contributed by atoms with Gasteiger partial charge in [-0.05, 0) is 30.2 Å². The minimum Gasteiger partial charge on any atom is -0.325 e. The molecule has 2 N–H and O–H groups in total. The van der Waals surface area contributed by atoms with Crippen molar-refractivity contribution in [2.45, 2.75) is 18.5 Å². The van der Waals surface area contributed by atoms with Gasteiger partial charge in [0.25, 0.3) is 5.56 Å². The Morgan fingerprint density at radius 1 is 1.14 bits per heavy atom. The highest BCUT2D eigenvalue weighted by Gasteiger charge is 2.14. The van der Waals surface area contributed by atoms with Gasteiger partial charge in [-0.3, -0.25) is 9.59 Å². The lowest BCUT2D eigenvalue weighted by atomic mass is 10.1. The van der Waals surface area contributed by atoms with Crippen molar-refractivity contribution in [1.29, 1.82) is 0 Å². The monoisotopic (exact) mass is 405 g/mol. The van der Waals surface area contributed by atoms with Crippen LogP contribution in [-0.2, 0) is 11.2 Å². The van der Waals surface area contributed by atoms with Crippen LogP contribution in [0.3, 0.4) is 0 Å². The highest BCUT2D eigenvalue weighted by molar-refractivity contribution is 7.99. The molecule has 0 fully saturated rings. The summed E-state index contributed by atoms with van der Waals surface area (Å²) in [5, 5.41) is 14.4. The average molecular weight is 405 g/mol. The molecule has 0 spiro atoms. The number of aryl methyl sites for hydroxylation is 1. The van der Waals surface area contributed by atoms with E-state index in [1.54, 1.807) is 6.07 Å². The first-order chi connectivity index (χ1) is 14.1. The van der Waals surface area contributed by atoms with Gasteiger partial charge in [-0.15, -0.1) is 5.10 Å². The quantitative estimate of drug-likeness (QED) is 0.480. The first-order valence-electron chi connectivity index (χ1n) is 9.19. The largest absolute Gasteiger partial charge is 0.325 e. The Morgan fingerprint density at radius 3 is 2.62 bits per heavy atom. The minimum absolute atomic E-state index is 0.142. The molecule has 0 radical (unpaired) electrons. The summed E-state index contributed by atoms with van der Waals surface area (Å²) >= 11 is 1.21. The summed E-state index contributed by atoms with van der Waals surface area (Å²) in [6, 6.07) is 19.0. The number of hydrogen-bond donors (Lipinski definition) is 2. The average Bonchev–Trinajstić information content (AvgIpc) is 3.21. The van der Waals surface area contributed by atoms with E-state index >= 15 is 0 Å². The molecular formula is C21H19N5O2S. The zero-order chi connectivity index (χ0) is 20.2. The van der Waals surface area contributed by atoms with Crippen LogP contribution in [-0.4, -0.2) is 31.5 Å². The highest BCUT2D eigenvalue weighted by Crippen LogP contribution is 2.22. The molecule has 8 heteroatoms. The van der Waals surface area contributed by atoms with Gasteiger partial charge < -0.3 is 5.32 Å². The smallest absolute Gasteiger partial charge is 0.290 e. The number of anilines is 1. The van der Waals surface area contributed by atoms with Crippen LogP contribution < -0.4 is 10.9 Å². The number of thioether (sulfide) groups is 1. The number of aromatic nitrogens is 4. The summed E-state index contributed by atoms with van der Waals surface area (Å²) < 4.78 is 1.49. The molecule has 0 bridgehead atoms. The van der Waals surface area contributed by atoms with Crippen LogP contribution in [0.2, 0.25) is 0 Å². The van der Waals surface area contributed by atoms with Crippen LogP contribution >= 0.6 is 11.8 Å². The van der Waals surface area contributed by atoms with Crippen molar-refractivity contribution in [3.63, 3.8) is 0 Å². The number of aromatic amines is 1. The maximum absolute atomic E-state index is 12.2. The Kier molecular flexibility index (Phi) is 5.44. The highest BCUT2D eigenvalue weighted by atomic mass is 32.2. The summed E-state index contributed by atoms with van der Waals surface area (Å²) in [5.41, 5.74) is 3.63. The molecule has 2 aromatic heterocycles. The molecule has 0 aliphatic heterocycles. The summed E-state index contributed by atoms with van der Waals surface area (Å²) in [4.78, 5) is 24.4. The van der Waals surface area contributed by atoms with E-state index in [4.69, 9.17) is 0 Å². The number of carbonyl (C=O) groups excluding carboxylic acids is 1. The van der Waals surface area contributed by atoms with Crippen molar-refractivity contribution in [1.82, 2.24) is 19.8 Å². The van der Waals surface area contributed by atoms with Crippen LogP contribution in [0.5, 0.6) is 0 Å². The molecule has 0 atom stereocenters. The maximum Gasteiger partial charge on any atom is 0.290 e. The summed E-state index contributed by atoms with van der Waals surface area (Å²) in [5.74, 6) is -0.0199. The molecule has 0 saturated heterocycles. The van der Waals surface area contributed by atoms with Crippen molar-refractivity contribution in [2.75, 3.05) is 11.1 Å². The minimum atomic E-state index is -0.327. The Morgan fingerprint density at radius 2 is 1.90 bits per heavy atom. The summed E-state index contributed by atoms with van der Waals surface area (Å²) in [6.07, 6.45) is 0.959. The van der Waals surface area contributed by atoms with E-state index in [0.717, 1.165) is 17.7 Å². The standard InChI is InChI=1S/C21H19N5O2S/c1-2-14-8-10-15(11-9-14)17-12-18-20(28)23-24-21(26(18)25-17)29-13-19(27)22-16-6-4-3-5-7-16/h3-12H,2,13H2,1H3,(H,22,27)(H,23,28). The fourth-order valence-electron chi connectivity index (χ4n) is 2.89. The molecule has 0 aliphatic rings. The first-order valence-corrected chi connectivity index (χ1v) is 10.2. The molecule has 4 rings (SSSR count). The Balaban J connectivity index is 1.56. The van der Waals surface area contributed by atoms with Gasteiger partial charge in [-0.2, -0.15) is 5.10 Å². The molecule has 4 aromatic rings. The van der Waals surface area contributed by atoms with Gasteiger partial charge in [-0.25, -0.2) is 9.61 Å². The molecule has 1 amide bonds. The molecule has 2 aromatic carbocycles. The van der Waals surface area contributed by atoms with Crippen LogP contribution in [0.15, 0.2) is 70.6 Å². The van der Waals surface area contributed by atoms with Crippen molar-refractivity contribution >= 4 is 28.9 Å². The Hall–Kier alpha value is -3.39. The number of amides is 1. The third-order valence-electron chi connectivity index (χ3n) is 4.42. The van der Waals surface area contributed by atoms with Gasteiger partial charge in [0.2, 0.25) is 11.1 Å². The van der Waals surface area contributed by atoms with Gasteiger partial charge in [0.15, 0.2) is 0 Å². The molecular weight excluding hydrogens is 386 g/mol. The molecule has 29 heavy (non-hydrogen) atoms. The summed E-state index contributed by atoms with van der Waals surface area (Å²) in [7, 11) is 0. The Labute approximate surface area is 171 Å². The molecule has 0 aliphatic carbocycles. The third-order valence-corrected chi connectivity index (χ3v) is 5.35. The third kappa shape index (κ3) is 4.22. The Bertz CT molecular complexity index is 1200. The number of hydrogen-bond acceptors (Lipinski definition) is 5. The predicted octanol–water partition coefficient (Wildman–Crippen LogP) is 3.38. The van der Waals surface area contributed by atoms with E-state index in [1.807, 2.05) is 54.6 Å². The number of para-hydroxylation sites is 1. The van der Waals surface area contributed by atoms with E-state index in [-0.39, 0.29) is 17.2 Å². The number of fused-ring (bicyclic) bond motifs is 1. The van der Waals surface area contributed by atoms with Gasteiger partial charge in [-0.1, -0.05) is 61.2 Å². The zero-order valence-corrected chi connectivity index (χ0v) is 16.6. The van der Waals surface area contributed by atoms with Crippen molar-refractivity contribution in [3.05, 3.63) is 76.6 Å². The second kappa shape index (κ2) is 8.32. The molecule has 2 heterocycles. The maximum atomic E-state index is 12.2. The second-order valence-electron chi connectivity index (χ2n) is 6.42. The summed E-state index contributed by atoms with van der Waals surface area (Å²) in [6.45, 7) is 2.10. The van der Waals surface area contributed by atoms with E-state index in [0.29, 0.717) is 16.4 Å². The van der Waals surface area contributed by atoms with Crippen molar-refractivity contribution < 1.29 is 4.79 Å². The van der Waals surface area contributed by atoms with Crippen molar-refractivity contribution in [2.24, 2.45) is 0 Å². The predicted molar refractivity (Wildman–Crippen MR) is 114 cm³/mol. The van der Waals surface area contributed by atoms with Crippen LogP contribution in [0.25, 0.3) is 16.8 Å². The molecule has 146 valence electrons. The van der Waals surface area contributed by atoms with Crippen molar-refractivity contribution in [3.8, 4) is 11.3 Å². The van der Waals surface area contributed by atoms with Crippen LogP contribution in [0, 0.1) is 0 Å². The SMILES string of the molecule is CCc1ccc(-c2cc3c(=O)[nH]nc(SCC(=O)Nc4ccccc4)n3n2)cc1. The fourth-order valence-corrected chi connectivity index (χ4v) is 3.59. The fraction of sp³-hybridized carbons (Fsp3) is 0.143. The molecule has 0 unspecified atom stereocenters. The van der Waals surface area contributed by atoms with E-state index in [9.17, 15) is 9.59 Å². The lowest BCUT2D eigenvalue weighted by molar-refractivity contribution is -0.113. The van der Waals surface area contributed by atoms with E-state index < -0.39 is 0 Å². The topological polar surface area (TPSA) is 92.1 Å². The van der Waals surface area contributed by atoms with E-state index in [2.05, 4.69) is 27.5 Å². The van der Waals surface area contributed by atoms with Crippen LogP contribution in [0.1, 0.15) is 12.5 Å². The number of nitrogens with zero attached hydrogens (tertiary/aromatic N) is 3. The van der Waals surface area contributed by atoms with Gasteiger partial charge >= 0.3 is 0 Å². The number of benzene rings is 2. The number of H-pyrrole nitrogens is 1. The van der Waals surface area contributed by atoms with Gasteiger partial charge in [0.1, 0.15) is 5.52 Å². The van der Waals surface area contributed by atoms with Crippen LogP contribution in [0.4, 0.5) is 5.69 Å². The zero-order valence-electron chi connectivity index (χ0n) is 15.8. The second-order valence-corrected chi connectivity index (χ2v) is 7.36.